The summed E-state index contributed by atoms with van der Waals surface area (Å²) in [5.74, 6) is -9.83. The molecule has 4 nitrogen and oxygen atoms in total. The van der Waals surface area contributed by atoms with Crippen LogP contribution < -0.4 is 10.1 Å². The average molecular weight is 300 g/mol. The maximum absolute atomic E-state index is 13.7. The predicted molar refractivity (Wildman–Crippen MR) is 65.0 cm³/mol. The summed E-state index contributed by atoms with van der Waals surface area (Å²) in [5, 5.41) is 2.08. The van der Waals surface area contributed by atoms with E-state index >= 15 is 0 Å². The quantitative estimate of drug-likeness (QED) is 0.700. The van der Waals surface area contributed by atoms with E-state index in [1.807, 2.05) is 0 Å². The summed E-state index contributed by atoms with van der Waals surface area (Å²) in [6, 6.07) is 2.84. The highest BCUT2D eigenvalue weighted by Crippen LogP contribution is 2.30. The van der Waals surface area contributed by atoms with Gasteiger partial charge in [-0.3, -0.25) is 9.78 Å². The standard InChI is InChI=1S/C13H8F4N2O2/c1-21-12-10(16)8(14)7(9(15)11(12)17)13(20)19-6-3-2-4-18-5-6/h2-5H,1H3,(H,19,20). The first-order valence-corrected chi connectivity index (χ1v) is 5.58. The fourth-order valence-electron chi connectivity index (χ4n) is 1.62. The van der Waals surface area contributed by atoms with E-state index < -0.39 is 40.5 Å². The van der Waals surface area contributed by atoms with Crippen LogP contribution in [-0.4, -0.2) is 18.0 Å². The maximum Gasteiger partial charge on any atom is 0.261 e. The third-order valence-corrected chi connectivity index (χ3v) is 2.57. The third kappa shape index (κ3) is 2.64. The summed E-state index contributed by atoms with van der Waals surface area (Å²) < 4.78 is 58.6. The molecule has 0 aliphatic heterocycles. The van der Waals surface area contributed by atoms with Crippen LogP contribution in [0.15, 0.2) is 24.5 Å². The first-order chi connectivity index (χ1) is 9.97. The van der Waals surface area contributed by atoms with Gasteiger partial charge >= 0.3 is 0 Å². The summed E-state index contributed by atoms with van der Waals surface area (Å²) in [5.41, 5.74) is -1.27. The number of amides is 1. The van der Waals surface area contributed by atoms with Gasteiger partial charge in [0.05, 0.1) is 19.0 Å². The van der Waals surface area contributed by atoms with Crippen molar-refractivity contribution in [2.24, 2.45) is 0 Å². The van der Waals surface area contributed by atoms with Gasteiger partial charge in [-0.2, -0.15) is 8.78 Å². The Kier molecular flexibility index (Phi) is 4.06. The molecule has 0 atom stereocenters. The van der Waals surface area contributed by atoms with Crippen LogP contribution in [0.25, 0.3) is 0 Å². The molecule has 0 saturated carbocycles. The Bertz CT molecular complexity index is 663. The number of nitrogens with one attached hydrogen (secondary N) is 1. The van der Waals surface area contributed by atoms with Gasteiger partial charge in [0, 0.05) is 6.20 Å². The topological polar surface area (TPSA) is 51.2 Å². The monoisotopic (exact) mass is 300 g/mol. The van der Waals surface area contributed by atoms with Gasteiger partial charge in [0.1, 0.15) is 5.56 Å². The molecule has 0 aliphatic rings. The molecule has 110 valence electrons. The van der Waals surface area contributed by atoms with Crippen molar-refractivity contribution >= 4 is 11.6 Å². The number of anilines is 1. The van der Waals surface area contributed by atoms with Crippen LogP contribution in [0.3, 0.4) is 0 Å². The summed E-state index contributed by atoms with van der Waals surface area (Å²) >= 11 is 0. The number of nitrogens with zero attached hydrogens (tertiary/aromatic N) is 1. The lowest BCUT2D eigenvalue weighted by Crippen LogP contribution is -2.18. The molecule has 8 heteroatoms. The summed E-state index contributed by atoms with van der Waals surface area (Å²) in [6.45, 7) is 0. The predicted octanol–water partition coefficient (Wildman–Crippen LogP) is 2.90. The molecule has 2 aromatic rings. The Balaban J connectivity index is 2.47. The largest absolute Gasteiger partial charge is 0.491 e. The Labute approximate surface area is 116 Å². The van der Waals surface area contributed by atoms with E-state index in [-0.39, 0.29) is 5.69 Å². The first-order valence-electron chi connectivity index (χ1n) is 5.58. The number of hydrogen-bond donors (Lipinski definition) is 1. The molecular formula is C13H8F4N2O2. The van der Waals surface area contributed by atoms with Crippen LogP contribution in [0, 0.1) is 23.3 Å². The Morgan fingerprint density at radius 1 is 1.14 bits per heavy atom. The van der Waals surface area contributed by atoms with Gasteiger partial charge in [-0.15, -0.1) is 0 Å². The third-order valence-electron chi connectivity index (χ3n) is 2.57. The lowest BCUT2D eigenvalue weighted by molar-refractivity contribution is 0.101. The Hall–Kier alpha value is -2.64. The molecule has 1 aromatic heterocycles. The van der Waals surface area contributed by atoms with Crippen molar-refractivity contribution in [1.82, 2.24) is 4.98 Å². The van der Waals surface area contributed by atoms with Crippen molar-refractivity contribution in [3.05, 3.63) is 53.4 Å². The van der Waals surface area contributed by atoms with E-state index in [0.717, 1.165) is 7.11 Å². The Morgan fingerprint density at radius 2 is 1.76 bits per heavy atom. The minimum Gasteiger partial charge on any atom is -0.491 e. The maximum atomic E-state index is 13.7. The highest BCUT2D eigenvalue weighted by molar-refractivity contribution is 6.04. The fraction of sp³-hybridized carbons (Fsp3) is 0.0769. The molecule has 1 amide bonds. The molecule has 1 aromatic carbocycles. The summed E-state index contributed by atoms with van der Waals surface area (Å²) in [7, 11) is 0.843. The zero-order valence-electron chi connectivity index (χ0n) is 10.6. The normalized spacial score (nSPS) is 10.3. The van der Waals surface area contributed by atoms with E-state index in [2.05, 4.69) is 15.0 Å². The molecule has 21 heavy (non-hydrogen) atoms. The molecular weight excluding hydrogens is 292 g/mol. The van der Waals surface area contributed by atoms with Crippen molar-refractivity contribution in [3.63, 3.8) is 0 Å². The fourth-order valence-corrected chi connectivity index (χ4v) is 1.62. The van der Waals surface area contributed by atoms with E-state index in [0.29, 0.717) is 0 Å². The highest BCUT2D eigenvalue weighted by atomic mass is 19.2. The summed E-state index contributed by atoms with van der Waals surface area (Å²) in [4.78, 5) is 15.4. The Morgan fingerprint density at radius 3 is 2.24 bits per heavy atom. The number of halogens is 4. The minimum atomic E-state index is -1.84. The number of carbonyl (C=O) groups is 1. The molecule has 0 saturated heterocycles. The first kappa shape index (κ1) is 14.8. The molecule has 0 aliphatic carbocycles. The lowest BCUT2D eigenvalue weighted by Gasteiger charge is -2.11. The van der Waals surface area contributed by atoms with Crippen molar-refractivity contribution in [2.75, 3.05) is 12.4 Å². The van der Waals surface area contributed by atoms with Crippen LogP contribution in [0.1, 0.15) is 10.4 Å². The minimum absolute atomic E-state index is 0.109. The lowest BCUT2D eigenvalue weighted by atomic mass is 10.1. The van der Waals surface area contributed by atoms with Crippen molar-refractivity contribution < 1.29 is 27.1 Å². The van der Waals surface area contributed by atoms with Crippen molar-refractivity contribution in [1.29, 1.82) is 0 Å². The van der Waals surface area contributed by atoms with Crippen LogP contribution in [0.4, 0.5) is 23.2 Å². The second-order valence-electron chi connectivity index (χ2n) is 3.86. The second kappa shape index (κ2) is 5.78. The van der Waals surface area contributed by atoms with Gasteiger partial charge in [0.2, 0.25) is 11.6 Å². The number of pyridine rings is 1. The highest BCUT2D eigenvalue weighted by Gasteiger charge is 2.30. The number of benzene rings is 1. The number of methoxy groups -OCH3 is 1. The van der Waals surface area contributed by atoms with Crippen molar-refractivity contribution in [2.45, 2.75) is 0 Å². The van der Waals surface area contributed by atoms with E-state index in [9.17, 15) is 22.4 Å². The van der Waals surface area contributed by atoms with Gasteiger partial charge in [0.15, 0.2) is 17.4 Å². The van der Waals surface area contributed by atoms with Crippen LogP contribution in [-0.2, 0) is 0 Å². The SMILES string of the molecule is COc1c(F)c(F)c(C(=O)Nc2cccnc2)c(F)c1F. The smallest absolute Gasteiger partial charge is 0.261 e. The van der Waals surface area contributed by atoms with Crippen molar-refractivity contribution in [3.8, 4) is 5.75 Å². The number of rotatable bonds is 3. The zero-order valence-corrected chi connectivity index (χ0v) is 10.6. The van der Waals surface area contributed by atoms with E-state index in [1.165, 1.54) is 24.5 Å². The van der Waals surface area contributed by atoms with Gasteiger partial charge in [-0.1, -0.05) is 0 Å². The van der Waals surface area contributed by atoms with Gasteiger partial charge < -0.3 is 10.1 Å². The molecule has 0 radical (unpaired) electrons. The molecule has 1 heterocycles. The zero-order chi connectivity index (χ0) is 15.6. The van der Waals surface area contributed by atoms with Crippen LogP contribution in [0.5, 0.6) is 5.75 Å². The molecule has 1 N–H and O–H groups in total. The van der Waals surface area contributed by atoms with Crippen LogP contribution >= 0.6 is 0 Å². The molecule has 0 bridgehead atoms. The molecule has 2 rings (SSSR count). The van der Waals surface area contributed by atoms with Gasteiger partial charge in [-0.25, -0.2) is 8.78 Å². The van der Waals surface area contributed by atoms with E-state index in [4.69, 9.17) is 0 Å². The van der Waals surface area contributed by atoms with Gasteiger partial charge in [-0.05, 0) is 12.1 Å². The number of aromatic nitrogens is 1. The average Bonchev–Trinajstić information content (AvgIpc) is 2.47. The second-order valence-corrected chi connectivity index (χ2v) is 3.86. The number of ether oxygens (including phenoxy) is 1. The number of carbonyl (C=O) groups excluding carboxylic acids is 1. The molecule has 0 unspecified atom stereocenters. The van der Waals surface area contributed by atoms with Crippen LogP contribution in [0.2, 0.25) is 0 Å². The van der Waals surface area contributed by atoms with Gasteiger partial charge in [0.25, 0.3) is 5.91 Å². The molecule has 0 fully saturated rings. The van der Waals surface area contributed by atoms with E-state index in [1.54, 1.807) is 0 Å². The number of hydrogen-bond acceptors (Lipinski definition) is 3. The molecule has 0 spiro atoms. The summed E-state index contributed by atoms with van der Waals surface area (Å²) in [6.07, 6.45) is 2.60.